The smallest absolute Gasteiger partial charge is 0.323 e. The second kappa shape index (κ2) is 8.52. The minimum atomic E-state index is -1.08. The molecule has 0 atom stereocenters. The Bertz CT molecular complexity index is 492. The Morgan fingerprint density at radius 3 is 2.67 bits per heavy atom. The molecule has 0 radical (unpaired) electrons. The second-order valence-corrected chi connectivity index (χ2v) is 5.66. The van der Waals surface area contributed by atoms with Gasteiger partial charge in [0.2, 0.25) is 0 Å². The first kappa shape index (κ1) is 17.3. The van der Waals surface area contributed by atoms with Gasteiger partial charge in [-0.25, -0.2) is 4.79 Å². The highest BCUT2D eigenvalue weighted by Crippen LogP contribution is 2.19. The van der Waals surface area contributed by atoms with Crippen LogP contribution in [0.2, 0.25) is 5.02 Å². The van der Waals surface area contributed by atoms with Crippen LogP contribution in [0.1, 0.15) is 26.7 Å². The van der Waals surface area contributed by atoms with Gasteiger partial charge in [-0.15, -0.1) is 0 Å². The molecule has 0 saturated heterocycles. The van der Waals surface area contributed by atoms with Gasteiger partial charge in [0.1, 0.15) is 6.54 Å². The first-order chi connectivity index (χ1) is 9.90. The van der Waals surface area contributed by atoms with Crippen molar-refractivity contribution >= 4 is 29.3 Å². The fourth-order valence-corrected chi connectivity index (χ4v) is 2.05. The molecule has 1 aromatic rings. The lowest BCUT2D eigenvalue weighted by atomic mass is 10.1. The fourth-order valence-electron chi connectivity index (χ4n) is 1.86. The normalized spacial score (nSPS) is 10.5. The second-order valence-electron chi connectivity index (χ2n) is 5.23. The Morgan fingerprint density at radius 2 is 2.10 bits per heavy atom. The molecule has 0 aliphatic carbocycles. The summed E-state index contributed by atoms with van der Waals surface area (Å²) in [6.45, 7) is 4.35. The predicted molar refractivity (Wildman–Crippen MR) is 83.9 cm³/mol. The maximum atomic E-state index is 12.1. The lowest BCUT2D eigenvalue weighted by Gasteiger charge is -2.21. The highest BCUT2D eigenvalue weighted by Gasteiger charge is 2.18. The minimum absolute atomic E-state index is 0.406. The van der Waals surface area contributed by atoms with Crippen LogP contribution in [-0.2, 0) is 4.79 Å². The van der Waals surface area contributed by atoms with Crippen molar-refractivity contribution in [1.29, 1.82) is 0 Å². The molecule has 1 aromatic carbocycles. The Balaban J connectivity index is 2.69. The number of halogens is 1. The zero-order valence-electron chi connectivity index (χ0n) is 12.3. The van der Waals surface area contributed by atoms with Crippen molar-refractivity contribution in [3.8, 4) is 0 Å². The van der Waals surface area contributed by atoms with Gasteiger partial charge in [-0.3, -0.25) is 9.69 Å². The Labute approximate surface area is 129 Å². The molecule has 2 N–H and O–H groups in total. The zero-order chi connectivity index (χ0) is 15.8. The molecule has 0 aliphatic rings. The fraction of sp³-hybridized carbons (Fsp3) is 0.467. The van der Waals surface area contributed by atoms with E-state index in [-0.39, 0.29) is 0 Å². The number of carbonyl (C=O) groups excluding carboxylic acids is 1. The van der Waals surface area contributed by atoms with Gasteiger partial charge in [-0.1, -0.05) is 31.5 Å². The number of hydrogen-bond donors (Lipinski definition) is 2. The lowest BCUT2D eigenvalue weighted by molar-refractivity contribution is -0.135. The molecule has 0 bridgehead atoms. The van der Waals surface area contributed by atoms with Gasteiger partial charge in [-0.2, -0.15) is 0 Å². The molecule has 6 heteroatoms. The molecular formula is C15H21ClN2O3. The number of carboxylic acids is 1. The van der Waals surface area contributed by atoms with Crippen molar-refractivity contribution < 1.29 is 14.7 Å². The van der Waals surface area contributed by atoms with Crippen molar-refractivity contribution in [2.24, 2.45) is 5.92 Å². The van der Waals surface area contributed by atoms with Crippen LogP contribution < -0.4 is 10.2 Å². The van der Waals surface area contributed by atoms with Gasteiger partial charge in [0.25, 0.3) is 0 Å². The zero-order valence-corrected chi connectivity index (χ0v) is 13.1. The summed E-state index contributed by atoms with van der Waals surface area (Å²) in [6, 6.07) is 6.15. The van der Waals surface area contributed by atoms with E-state index in [1.807, 2.05) is 0 Å². The van der Waals surface area contributed by atoms with Gasteiger partial charge in [0.05, 0.1) is 0 Å². The van der Waals surface area contributed by atoms with E-state index >= 15 is 0 Å². The Hall–Kier alpha value is -1.75. The monoisotopic (exact) mass is 312 g/mol. The third kappa shape index (κ3) is 6.49. The molecule has 116 valence electrons. The maximum Gasteiger partial charge on any atom is 0.323 e. The molecule has 0 heterocycles. The number of hydrogen-bond acceptors (Lipinski definition) is 2. The van der Waals surface area contributed by atoms with Gasteiger partial charge in [0, 0.05) is 17.3 Å². The van der Waals surface area contributed by atoms with Crippen LogP contribution in [0.25, 0.3) is 0 Å². The largest absolute Gasteiger partial charge is 0.480 e. The van der Waals surface area contributed by atoms with E-state index in [4.69, 9.17) is 16.7 Å². The van der Waals surface area contributed by atoms with Crippen molar-refractivity contribution in [2.45, 2.75) is 26.7 Å². The average Bonchev–Trinajstić information content (AvgIpc) is 2.40. The van der Waals surface area contributed by atoms with Gasteiger partial charge in [0.15, 0.2) is 0 Å². The summed E-state index contributed by atoms with van der Waals surface area (Å²) < 4.78 is 0. The van der Waals surface area contributed by atoms with E-state index in [1.54, 1.807) is 24.3 Å². The van der Waals surface area contributed by atoms with Crippen LogP contribution in [0.15, 0.2) is 24.3 Å². The Morgan fingerprint density at radius 1 is 1.38 bits per heavy atom. The maximum absolute atomic E-state index is 12.1. The van der Waals surface area contributed by atoms with E-state index < -0.39 is 18.5 Å². The van der Waals surface area contributed by atoms with E-state index in [0.29, 0.717) is 23.2 Å². The van der Waals surface area contributed by atoms with Crippen LogP contribution in [0.4, 0.5) is 10.5 Å². The summed E-state index contributed by atoms with van der Waals surface area (Å²) in [5.41, 5.74) is 0.464. The molecular weight excluding hydrogens is 292 g/mol. The number of rotatable bonds is 7. The predicted octanol–water partition coefficient (Wildman–Crippen LogP) is 3.38. The highest BCUT2D eigenvalue weighted by molar-refractivity contribution is 6.30. The van der Waals surface area contributed by atoms with Crippen molar-refractivity contribution in [3.63, 3.8) is 0 Å². The molecule has 0 spiro atoms. The number of aliphatic carboxylic acids is 1. The average molecular weight is 313 g/mol. The number of carbonyl (C=O) groups is 2. The molecule has 1 rings (SSSR count). The highest BCUT2D eigenvalue weighted by atomic mass is 35.5. The van der Waals surface area contributed by atoms with Crippen molar-refractivity contribution in [3.05, 3.63) is 29.3 Å². The van der Waals surface area contributed by atoms with Crippen molar-refractivity contribution in [2.75, 3.05) is 18.0 Å². The number of benzene rings is 1. The molecule has 0 saturated carbocycles. The number of anilines is 1. The summed E-state index contributed by atoms with van der Waals surface area (Å²) in [6.07, 6.45) is 1.87. The molecule has 0 fully saturated rings. The molecule has 0 unspecified atom stereocenters. The van der Waals surface area contributed by atoms with E-state index in [9.17, 15) is 9.59 Å². The van der Waals surface area contributed by atoms with E-state index in [1.165, 1.54) is 4.90 Å². The summed E-state index contributed by atoms with van der Waals surface area (Å²) in [5, 5.41) is 12.1. The molecule has 2 amide bonds. The van der Waals surface area contributed by atoms with Crippen LogP contribution in [0.5, 0.6) is 0 Å². The molecule has 0 aliphatic heterocycles. The van der Waals surface area contributed by atoms with Crippen LogP contribution in [-0.4, -0.2) is 30.2 Å². The quantitative estimate of drug-likeness (QED) is 0.758. The van der Waals surface area contributed by atoms with Gasteiger partial charge in [-0.05, 0) is 37.0 Å². The summed E-state index contributed by atoms with van der Waals surface area (Å²) in [7, 11) is 0. The van der Waals surface area contributed by atoms with Crippen molar-refractivity contribution in [1.82, 2.24) is 5.32 Å². The number of amides is 2. The summed E-state index contributed by atoms with van der Waals surface area (Å²) in [5.74, 6) is -0.503. The third-order valence-corrected chi connectivity index (χ3v) is 3.13. The van der Waals surface area contributed by atoms with E-state index in [0.717, 1.165) is 12.8 Å². The number of nitrogens with zero attached hydrogens (tertiary/aromatic N) is 1. The van der Waals surface area contributed by atoms with Gasteiger partial charge < -0.3 is 10.4 Å². The van der Waals surface area contributed by atoms with Crippen LogP contribution in [0, 0.1) is 5.92 Å². The minimum Gasteiger partial charge on any atom is -0.480 e. The van der Waals surface area contributed by atoms with Crippen LogP contribution in [0.3, 0.4) is 0 Å². The number of nitrogens with one attached hydrogen (secondary N) is 1. The third-order valence-electron chi connectivity index (χ3n) is 2.89. The Kier molecular flexibility index (Phi) is 7.02. The standard InChI is InChI=1S/C15H21ClN2O3/c1-11(2)5-4-8-17-15(21)18(10-14(19)20)13-7-3-6-12(16)9-13/h3,6-7,9,11H,4-5,8,10H2,1-2H3,(H,17,21)(H,19,20). The SMILES string of the molecule is CC(C)CCCNC(=O)N(CC(=O)O)c1cccc(Cl)c1. The molecule has 21 heavy (non-hydrogen) atoms. The molecule has 0 aromatic heterocycles. The summed E-state index contributed by atoms with van der Waals surface area (Å²) >= 11 is 5.89. The number of carboxylic acid groups (broad SMARTS) is 1. The van der Waals surface area contributed by atoms with Crippen LogP contribution >= 0.6 is 11.6 Å². The first-order valence-electron chi connectivity index (χ1n) is 6.93. The van der Waals surface area contributed by atoms with Gasteiger partial charge >= 0.3 is 12.0 Å². The lowest BCUT2D eigenvalue weighted by Crippen LogP contribution is -2.43. The van der Waals surface area contributed by atoms with E-state index in [2.05, 4.69) is 19.2 Å². The molecule has 5 nitrogen and oxygen atoms in total. The topological polar surface area (TPSA) is 69.6 Å². The number of urea groups is 1. The first-order valence-corrected chi connectivity index (χ1v) is 7.30. The summed E-state index contributed by atoms with van der Waals surface area (Å²) in [4.78, 5) is 24.3.